The highest BCUT2D eigenvalue weighted by Gasteiger charge is 2.13. The van der Waals surface area contributed by atoms with Crippen molar-refractivity contribution in [2.45, 2.75) is 52.9 Å². The minimum Gasteiger partial charge on any atom is -0.461 e. The molecule has 0 saturated heterocycles. The molecule has 98 valence electrons. The van der Waals surface area contributed by atoms with E-state index in [-0.39, 0.29) is 0 Å². The van der Waals surface area contributed by atoms with E-state index in [0.29, 0.717) is 18.7 Å². The Labute approximate surface area is 103 Å². The quantitative estimate of drug-likeness (QED) is 0.292. The normalized spacial score (nSPS) is 11.7. The molecular formula is C13H23NO3. The zero-order chi connectivity index (χ0) is 13.1. The van der Waals surface area contributed by atoms with Crippen LogP contribution in [0.25, 0.3) is 0 Å². The number of ether oxygens (including phenoxy) is 1. The third-order valence-electron chi connectivity index (χ3n) is 2.51. The average molecular weight is 241 g/mol. The lowest BCUT2D eigenvalue weighted by Crippen LogP contribution is -2.22. The maximum atomic E-state index is 11.6. The summed E-state index contributed by atoms with van der Waals surface area (Å²) in [5, 5.41) is 2.43. The minimum absolute atomic E-state index is 0.290. The second-order valence-electron chi connectivity index (χ2n) is 3.95. The topological polar surface area (TPSA) is 55.4 Å². The highest BCUT2D eigenvalue weighted by Crippen LogP contribution is 2.13. The standard InChI is InChI=1S/C13H23NO3/c1-4-6-7-8-9-11(3)12(14-10-15)13(16)17-5-2/h10H,4-9H2,1-3H3,(H,14,15)/b12-11+. The maximum Gasteiger partial charge on any atom is 0.354 e. The van der Waals surface area contributed by atoms with Gasteiger partial charge < -0.3 is 10.1 Å². The Bertz CT molecular complexity index is 272. The molecule has 0 radical (unpaired) electrons. The van der Waals surface area contributed by atoms with Crippen molar-refractivity contribution in [2.24, 2.45) is 0 Å². The van der Waals surface area contributed by atoms with Gasteiger partial charge in [0.1, 0.15) is 5.70 Å². The fourth-order valence-electron chi connectivity index (χ4n) is 1.56. The van der Waals surface area contributed by atoms with E-state index in [0.717, 1.165) is 24.8 Å². The number of hydrogen-bond donors (Lipinski definition) is 1. The summed E-state index contributed by atoms with van der Waals surface area (Å²) in [5.74, 6) is -0.451. The fraction of sp³-hybridized carbons (Fsp3) is 0.692. The number of nitrogens with one attached hydrogen (secondary N) is 1. The molecule has 17 heavy (non-hydrogen) atoms. The molecule has 0 spiro atoms. The Morgan fingerprint density at radius 3 is 2.47 bits per heavy atom. The van der Waals surface area contributed by atoms with E-state index in [2.05, 4.69) is 12.2 Å². The third-order valence-corrected chi connectivity index (χ3v) is 2.51. The first-order valence-corrected chi connectivity index (χ1v) is 6.24. The van der Waals surface area contributed by atoms with Crippen LogP contribution in [0.2, 0.25) is 0 Å². The first-order valence-electron chi connectivity index (χ1n) is 6.24. The SMILES string of the molecule is CCCCCC/C(C)=C(/NC=O)C(=O)OCC. The predicted octanol–water partition coefficient (Wildman–Crippen LogP) is 2.54. The number of rotatable bonds is 9. The lowest BCUT2D eigenvalue weighted by atomic mass is 10.1. The number of carbonyl (C=O) groups excluding carboxylic acids is 2. The fourth-order valence-corrected chi connectivity index (χ4v) is 1.56. The van der Waals surface area contributed by atoms with Crippen molar-refractivity contribution in [3.8, 4) is 0 Å². The van der Waals surface area contributed by atoms with Crippen molar-refractivity contribution < 1.29 is 14.3 Å². The van der Waals surface area contributed by atoms with Crippen molar-refractivity contribution >= 4 is 12.4 Å². The van der Waals surface area contributed by atoms with Gasteiger partial charge in [-0.15, -0.1) is 0 Å². The molecule has 0 atom stereocenters. The summed E-state index contributed by atoms with van der Waals surface area (Å²) in [4.78, 5) is 22.0. The molecule has 0 aliphatic heterocycles. The highest BCUT2D eigenvalue weighted by atomic mass is 16.5. The molecule has 0 saturated carbocycles. The van der Waals surface area contributed by atoms with Gasteiger partial charge in [-0.2, -0.15) is 0 Å². The van der Waals surface area contributed by atoms with Gasteiger partial charge in [-0.25, -0.2) is 4.79 Å². The summed E-state index contributed by atoms with van der Waals surface area (Å²) >= 11 is 0. The largest absolute Gasteiger partial charge is 0.461 e. The van der Waals surface area contributed by atoms with Crippen LogP contribution in [0.1, 0.15) is 52.9 Å². The Morgan fingerprint density at radius 2 is 1.94 bits per heavy atom. The number of hydrogen-bond acceptors (Lipinski definition) is 3. The zero-order valence-corrected chi connectivity index (χ0v) is 11.0. The van der Waals surface area contributed by atoms with Crippen molar-refractivity contribution in [1.29, 1.82) is 0 Å². The maximum absolute atomic E-state index is 11.6. The van der Waals surface area contributed by atoms with Gasteiger partial charge >= 0.3 is 5.97 Å². The Morgan fingerprint density at radius 1 is 1.24 bits per heavy atom. The summed E-state index contributed by atoms with van der Waals surface area (Å²) in [6.45, 7) is 6.06. The molecule has 0 aromatic heterocycles. The van der Waals surface area contributed by atoms with Gasteiger partial charge in [0.15, 0.2) is 0 Å². The van der Waals surface area contributed by atoms with Gasteiger partial charge in [-0.1, -0.05) is 26.2 Å². The number of allylic oxidation sites excluding steroid dienone is 1. The van der Waals surface area contributed by atoms with Crippen LogP contribution in [0.4, 0.5) is 0 Å². The van der Waals surface area contributed by atoms with E-state index in [9.17, 15) is 9.59 Å². The number of esters is 1. The van der Waals surface area contributed by atoms with Crippen LogP contribution in [-0.4, -0.2) is 19.0 Å². The van der Waals surface area contributed by atoms with Crippen LogP contribution in [-0.2, 0) is 14.3 Å². The lowest BCUT2D eigenvalue weighted by molar-refractivity contribution is -0.139. The molecule has 0 heterocycles. The first-order chi connectivity index (χ1) is 8.17. The molecule has 1 amide bonds. The monoisotopic (exact) mass is 241 g/mol. The number of amides is 1. The predicted molar refractivity (Wildman–Crippen MR) is 67.3 cm³/mol. The van der Waals surface area contributed by atoms with Crippen LogP contribution in [0.15, 0.2) is 11.3 Å². The second-order valence-corrected chi connectivity index (χ2v) is 3.95. The number of carbonyl (C=O) groups is 2. The van der Waals surface area contributed by atoms with E-state index in [1.54, 1.807) is 6.92 Å². The van der Waals surface area contributed by atoms with Crippen molar-refractivity contribution in [3.05, 3.63) is 11.3 Å². The molecule has 0 fully saturated rings. The van der Waals surface area contributed by atoms with Crippen molar-refractivity contribution in [2.75, 3.05) is 6.61 Å². The molecule has 0 unspecified atom stereocenters. The van der Waals surface area contributed by atoms with E-state index < -0.39 is 5.97 Å². The lowest BCUT2D eigenvalue weighted by Gasteiger charge is -2.10. The zero-order valence-electron chi connectivity index (χ0n) is 11.0. The molecule has 0 aromatic carbocycles. The van der Waals surface area contributed by atoms with Gasteiger partial charge in [0, 0.05) is 0 Å². The summed E-state index contributed by atoms with van der Waals surface area (Å²) in [7, 11) is 0. The van der Waals surface area contributed by atoms with Crippen LogP contribution < -0.4 is 5.32 Å². The summed E-state index contributed by atoms with van der Waals surface area (Å²) < 4.78 is 4.89. The van der Waals surface area contributed by atoms with Crippen LogP contribution >= 0.6 is 0 Å². The summed E-state index contributed by atoms with van der Waals surface area (Å²) in [6, 6.07) is 0. The molecule has 4 nitrogen and oxygen atoms in total. The molecule has 0 aliphatic carbocycles. The number of unbranched alkanes of at least 4 members (excludes halogenated alkanes) is 3. The van der Waals surface area contributed by atoms with E-state index >= 15 is 0 Å². The van der Waals surface area contributed by atoms with E-state index in [4.69, 9.17) is 4.74 Å². The average Bonchev–Trinajstić information content (AvgIpc) is 2.31. The van der Waals surface area contributed by atoms with Gasteiger partial charge in [0.25, 0.3) is 0 Å². The van der Waals surface area contributed by atoms with Gasteiger partial charge in [-0.3, -0.25) is 4.79 Å². The Kier molecular flexibility index (Phi) is 9.11. The van der Waals surface area contributed by atoms with Gasteiger partial charge in [0.05, 0.1) is 6.61 Å². The van der Waals surface area contributed by atoms with Gasteiger partial charge in [-0.05, 0) is 32.3 Å². The minimum atomic E-state index is -0.451. The third kappa shape index (κ3) is 6.76. The van der Waals surface area contributed by atoms with E-state index in [1.165, 1.54) is 12.8 Å². The molecule has 0 rings (SSSR count). The Balaban J connectivity index is 4.40. The molecule has 4 heteroatoms. The molecular weight excluding hydrogens is 218 g/mol. The molecule has 0 aromatic rings. The summed E-state index contributed by atoms with van der Waals surface area (Å²) in [6.07, 6.45) is 5.88. The van der Waals surface area contributed by atoms with Crippen LogP contribution in [0.5, 0.6) is 0 Å². The van der Waals surface area contributed by atoms with Crippen LogP contribution in [0, 0.1) is 0 Å². The van der Waals surface area contributed by atoms with E-state index in [1.807, 2.05) is 6.92 Å². The highest BCUT2D eigenvalue weighted by molar-refractivity contribution is 5.90. The first kappa shape index (κ1) is 15.7. The smallest absolute Gasteiger partial charge is 0.354 e. The second kappa shape index (κ2) is 9.87. The van der Waals surface area contributed by atoms with Crippen molar-refractivity contribution in [3.63, 3.8) is 0 Å². The molecule has 0 bridgehead atoms. The van der Waals surface area contributed by atoms with Gasteiger partial charge in [0.2, 0.25) is 6.41 Å². The summed E-state index contributed by atoms with van der Waals surface area (Å²) in [5.41, 5.74) is 1.17. The Hall–Kier alpha value is -1.32. The van der Waals surface area contributed by atoms with Crippen LogP contribution in [0.3, 0.4) is 0 Å². The molecule has 0 aliphatic rings. The van der Waals surface area contributed by atoms with Crippen molar-refractivity contribution in [1.82, 2.24) is 5.32 Å². The molecule has 1 N–H and O–H groups in total.